The largest absolute Gasteiger partial charge is 0.481 e. The summed E-state index contributed by atoms with van der Waals surface area (Å²) in [7, 11) is 0. The number of rotatable bonds is 7. The van der Waals surface area contributed by atoms with Gasteiger partial charge in [-0.25, -0.2) is 0 Å². The molecule has 0 bridgehead atoms. The first kappa shape index (κ1) is 20.6. The van der Waals surface area contributed by atoms with Gasteiger partial charge in [-0.15, -0.1) is 0 Å². The fourth-order valence-corrected chi connectivity index (χ4v) is 3.85. The molecule has 1 aliphatic rings. The van der Waals surface area contributed by atoms with Crippen molar-refractivity contribution >= 4 is 11.7 Å². The van der Waals surface area contributed by atoms with Gasteiger partial charge < -0.3 is 15.5 Å². The molecule has 0 saturated heterocycles. The van der Waals surface area contributed by atoms with Gasteiger partial charge in [-0.3, -0.25) is 4.79 Å². The number of hydrogen-bond acceptors (Lipinski definition) is 3. The Morgan fingerprint density at radius 1 is 1.15 bits per heavy atom. The summed E-state index contributed by atoms with van der Waals surface area (Å²) in [6.45, 7) is 1.82. The summed E-state index contributed by atoms with van der Waals surface area (Å²) < 4.78 is 39.4. The molecule has 3 N–H and O–H groups in total. The van der Waals surface area contributed by atoms with Gasteiger partial charge in [-0.2, -0.15) is 13.2 Å². The number of carboxylic acid groups (broad SMARTS) is 1. The molecule has 0 amide bonds. The molecule has 26 heavy (non-hydrogen) atoms. The maximum absolute atomic E-state index is 13.1. The summed E-state index contributed by atoms with van der Waals surface area (Å²) in [6.07, 6.45) is -0.511. The SMILES string of the molecule is CCc1c(C(F)(F)F)ccc(NC[C@H]2CC[C@H](CC(=O)O)CC2)c1CO. The first-order valence-electron chi connectivity index (χ1n) is 9.04. The summed E-state index contributed by atoms with van der Waals surface area (Å²) in [5, 5.41) is 21.7. The third-order valence-electron chi connectivity index (χ3n) is 5.26. The van der Waals surface area contributed by atoms with E-state index >= 15 is 0 Å². The summed E-state index contributed by atoms with van der Waals surface area (Å²) in [6, 6.07) is 2.47. The van der Waals surface area contributed by atoms with E-state index in [2.05, 4.69) is 5.32 Å². The molecule has 4 nitrogen and oxygen atoms in total. The van der Waals surface area contributed by atoms with Gasteiger partial charge in [0, 0.05) is 24.2 Å². The Balaban J connectivity index is 2.03. The van der Waals surface area contributed by atoms with Crippen LogP contribution in [0.25, 0.3) is 0 Å². The van der Waals surface area contributed by atoms with Crippen LogP contribution in [-0.4, -0.2) is 22.7 Å². The third-order valence-corrected chi connectivity index (χ3v) is 5.26. The summed E-state index contributed by atoms with van der Waals surface area (Å²) in [5.41, 5.74) is 0.297. The number of hydrogen-bond donors (Lipinski definition) is 3. The Labute approximate surface area is 151 Å². The third kappa shape index (κ3) is 5.13. The highest BCUT2D eigenvalue weighted by Crippen LogP contribution is 2.37. The van der Waals surface area contributed by atoms with E-state index in [-0.39, 0.29) is 24.3 Å². The number of carbonyl (C=O) groups is 1. The van der Waals surface area contributed by atoms with E-state index in [1.54, 1.807) is 6.92 Å². The quantitative estimate of drug-likeness (QED) is 0.660. The van der Waals surface area contributed by atoms with Crippen LogP contribution < -0.4 is 5.32 Å². The van der Waals surface area contributed by atoms with Gasteiger partial charge in [0.1, 0.15) is 0 Å². The molecule has 0 unspecified atom stereocenters. The molecule has 1 fully saturated rings. The normalized spacial score (nSPS) is 20.8. The minimum Gasteiger partial charge on any atom is -0.481 e. The molecule has 1 aliphatic carbocycles. The molecule has 146 valence electrons. The van der Waals surface area contributed by atoms with Gasteiger partial charge in [-0.05, 0) is 61.6 Å². The maximum atomic E-state index is 13.1. The highest BCUT2D eigenvalue weighted by atomic mass is 19.4. The van der Waals surface area contributed by atoms with E-state index in [1.165, 1.54) is 6.07 Å². The standard InChI is InChI=1S/C19H26F3NO3/c1-2-14-15(11-24)17(8-7-16(14)19(20,21)22)23-10-13-5-3-12(4-6-13)9-18(25)26/h7-8,12-13,23-24H,2-6,9-11H2,1H3,(H,25,26)/t12-,13-. The van der Waals surface area contributed by atoms with Crippen LogP contribution in [0.15, 0.2) is 12.1 Å². The Morgan fingerprint density at radius 2 is 1.77 bits per heavy atom. The molecule has 1 saturated carbocycles. The molecule has 0 radical (unpaired) electrons. The smallest absolute Gasteiger partial charge is 0.416 e. The zero-order valence-electron chi connectivity index (χ0n) is 14.9. The number of alkyl halides is 3. The van der Waals surface area contributed by atoms with E-state index < -0.39 is 24.3 Å². The van der Waals surface area contributed by atoms with Crippen LogP contribution in [0.2, 0.25) is 0 Å². The predicted molar refractivity (Wildman–Crippen MR) is 92.9 cm³/mol. The Bertz CT molecular complexity index is 623. The van der Waals surface area contributed by atoms with Gasteiger partial charge >= 0.3 is 12.1 Å². The number of aliphatic carboxylic acids is 1. The lowest BCUT2D eigenvalue weighted by Crippen LogP contribution is -2.23. The van der Waals surface area contributed by atoms with Crippen LogP contribution in [0.5, 0.6) is 0 Å². The Morgan fingerprint density at radius 3 is 2.27 bits per heavy atom. The highest BCUT2D eigenvalue weighted by molar-refractivity contribution is 5.67. The van der Waals surface area contributed by atoms with Crippen molar-refractivity contribution < 1.29 is 28.2 Å². The van der Waals surface area contributed by atoms with Gasteiger partial charge in [-0.1, -0.05) is 6.92 Å². The van der Waals surface area contributed by atoms with E-state index in [9.17, 15) is 23.1 Å². The lowest BCUT2D eigenvalue weighted by atomic mass is 9.80. The van der Waals surface area contributed by atoms with Crippen LogP contribution in [0, 0.1) is 11.8 Å². The molecule has 1 aromatic rings. The van der Waals surface area contributed by atoms with Crippen molar-refractivity contribution in [3.8, 4) is 0 Å². The van der Waals surface area contributed by atoms with Crippen LogP contribution >= 0.6 is 0 Å². The monoisotopic (exact) mass is 373 g/mol. The van der Waals surface area contributed by atoms with Crippen molar-refractivity contribution in [1.82, 2.24) is 0 Å². The second-order valence-electron chi connectivity index (χ2n) is 6.99. The molecular formula is C19H26F3NO3. The zero-order valence-corrected chi connectivity index (χ0v) is 14.9. The van der Waals surface area contributed by atoms with E-state index in [0.29, 0.717) is 23.7 Å². The first-order valence-corrected chi connectivity index (χ1v) is 9.04. The van der Waals surface area contributed by atoms with Gasteiger partial charge in [0.2, 0.25) is 0 Å². The minimum atomic E-state index is -4.43. The average Bonchev–Trinajstić information content (AvgIpc) is 2.58. The van der Waals surface area contributed by atoms with Crippen molar-refractivity contribution in [3.63, 3.8) is 0 Å². The minimum absolute atomic E-state index is 0.134. The summed E-state index contributed by atoms with van der Waals surface area (Å²) >= 11 is 0. The molecule has 0 spiro atoms. The molecule has 0 aromatic heterocycles. The Hall–Kier alpha value is -1.76. The fourth-order valence-electron chi connectivity index (χ4n) is 3.85. The molecule has 0 heterocycles. The van der Waals surface area contributed by atoms with E-state index in [0.717, 1.165) is 31.7 Å². The number of carboxylic acids is 1. The number of aliphatic hydroxyl groups excluding tert-OH is 1. The van der Waals surface area contributed by atoms with Crippen molar-refractivity contribution in [3.05, 3.63) is 28.8 Å². The number of benzene rings is 1. The van der Waals surface area contributed by atoms with Crippen molar-refractivity contribution in [2.75, 3.05) is 11.9 Å². The van der Waals surface area contributed by atoms with Gasteiger partial charge in [0.15, 0.2) is 0 Å². The predicted octanol–water partition coefficient (Wildman–Crippen LogP) is 4.45. The van der Waals surface area contributed by atoms with Crippen molar-refractivity contribution in [1.29, 1.82) is 0 Å². The summed E-state index contributed by atoms with van der Waals surface area (Å²) in [5.74, 6) is -0.190. The molecule has 2 rings (SSSR count). The Kier molecular flexibility index (Phi) is 6.92. The summed E-state index contributed by atoms with van der Waals surface area (Å²) in [4.78, 5) is 10.8. The van der Waals surface area contributed by atoms with E-state index in [4.69, 9.17) is 5.11 Å². The second-order valence-corrected chi connectivity index (χ2v) is 6.99. The van der Waals surface area contributed by atoms with Crippen LogP contribution in [-0.2, 0) is 24.0 Å². The number of anilines is 1. The second kappa shape index (κ2) is 8.75. The molecule has 0 atom stereocenters. The molecule has 1 aromatic carbocycles. The zero-order chi connectivity index (χ0) is 19.3. The van der Waals surface area contributed by atoms with Gasteiger partial charge in [0.05, 0.1) is 12.2 Å². The van der Waals surface area contributed by atoms with Crippen molar-refractivity contribution in [2.24, 2.45) is 11.8 Å². The van der Waals surface area contributed by atoms with E-state index in [1.807, 2.05) is 0 Å². The van der Waals surface area contributed by atoms with Crippen LogP contribution in [0.1, 0.15) is 55.7 Å². The first-order chi connectivity index (χ1) is 12.3. The molecular weight excluding hydrogens is 347 g/mol. The molecule has 0 aliphatic heterocycles. The fraction of sp³-hybridized carbons (Fsp3) is 0.632. The van der Waals surface area contributed by atoms with Crippen LogP contribution in [0.4, 0.5) is 18.9 Å². The highest BCUT2D eigenvalue weighted by Gasteiger charge is 2.34. The number of aliphatic hydroxyl groups is 1. The number of halogens is 3. The number of nitrogens with one attached hydrogen (secondary N) is 1. The lowest BCUT2D eigenvalue weighted by molar-refractivity contribution is -0.139. The maximum Gasteiger partial charge on any atom is 0.416 e. The lowest BCUT2D eigenvalue weighted by Gasteiger charge is -2.28. The topological polar surface area (TPSA) is 69.6 Å². The van der Waals surface area contributed by atoms with Gasteiger partial charge in [0.25, 0.3) is 0 Å². The van der Waals surface area contributed by atoms with Crippen LogP contribution in [0.3, 0.4) is 0 Å². The average molecular weight is 373 g/mol. The molecule has 7 heteroatoms. The van der Waals surface area contributed by atoms with Crippen molar-refractivity contribution in [2.45, 2.75) is 58.2 Å².